The van der Waals surface area contributed by atoms with E-state index in [4.69, 9.17) is 0 Å². The van der Waals surface area contributed by atoms with Gasteiger partial charge in [-0.1, -0.05) is 25.5 Å². The van der Waals surface area contributed by atoms with Crippen LogP contribution in [0.3, 0.4) is 0 Å². The highest BCUT2D eigenvalue weighted by Gasteiger charge is 2.07. The molecule has 0 rings (SSSR count). The predicted molar refractivity (Wildman–Crippen MR) is 64.4 cm³/mol. The van der Waals surface area contributed by atoms with E-state index < -0.39 is 10.0 Å². The fourth-order valence-electron chi connectivity index (χ4n) is 0.927. The van der Waals surface area contributed by atoms with Crippen LogP contribution in [-0.2, 0) is 10.0 Å². The highest BCUT2D eigenvalue weighted by atomic mass is 32.2. The van der Waals surface area contributed by atoms with Gasteiger partial charge in [0, 0.05) is 19.1 Å². The Kier molecular flexibility index (Phi) is 6.80. The molecule has 0 atom stereocenters. The molecule has 0 aromatic rings. The summed E-state index contributed by atoms with van der Waals surface area (Å²) in [6.45, 7) is 8.73. The van der Waals surface area contributed by atoms with E-state index >= 15 is 0 Å². The molecular formula is C10H22N2O2S. The van der Waals surface area contributed by atoms with Crippen molar-refractivity contribution in [2.24, 2.45) is 0 Å². The van der Waals surface area contributed by atoms with Crippen molar-refractivity contribution in [1.82, 2.24) is 10.0 Å². The van der Waals surface area contributed by atoms with Crippen molar-refractivity contribution < 1.29 is 8.42 Å². The third-order valence-corrected chi connectivity index (χ3v) is 3.09. The number of nitrogens with one attached hydrogen (secondary N) is 2. The quantitative estimate of drug-likeness (QED) is 0.643. The molecule has 15 heavy (non-hydrogen) atoms. The van der Waals surface area contributed by atoms with Gasteiger partial charge in [0.1, 0.15) is 0 Å². The fourth-order valence-corrected chi connectivity index (χ4v) is 1.80. The molecule has 0 aliphatic carbocycles. The lowest BCUT2D eigenvalue weighted by molar-refractivity contribution is 0.570. The largest absolute Gasteiger partial charge is 0.313 e. The van der Waals surface area contributed by atoms with Gasteiger partial charge < -0.3 is 5.32 Å². The number of allylic oxidation sites excluding steroid dienone is 1. The second-order valence-corrected chi connectivity index (χ2v) is 5.98. The van der Waals surface area contributed by atoms with Crippen molar-refractivity contribution in [2.75, 3.05) is 18.8 Å². The Morgan fingerprint density at radius 2 is 1.93 bits per heavy atom. The molecule has 2 N–H and O–H groups in total. The predicted octanol–water partition coefficient (Wildman–Crippen LogP) is 0.870. The summed E-state index contributed by atoms with van der Waals surface area (Å²) >= 11 is 0. The van der Waals surface area contributed by atoms with Gasteiger partial charge in [0.2, 0.25) is 10.0 Å². The van der Waals surface area contributed by atoms with E-state index in [-0.39, 0.29) is 5.75 Å². The average molecular weight is 234 g/mol. The maximum absolute atomic E-state index is 11.4. The molecule has 0 aliphatic heterocycles. The minimum absolute atomic E-state index is 0.127. The number of hydrogen-bond donors (Lipinski definition) is 2. The Bertz CT molecular complexity index is 291. The third-order valence-electron chi connectivity index (χ3n) is 1.74. The Morgan fingerprint density at radius 1 is 1.33 bits per heavy atom. The zero-order chi connectivity index (χ0) is 11.9. The van der Waals surface area contributed by atoms with Gasteiger partial charge in [0.05, 0.1) is 5.75 Å². The molecule has 0 spiro atoms. The summed E-state index contributed by atoms with van der Waals surface area (Å²) in [6.07, 6.45) is 1.85. The molecule has 0 aliphatic rings. The molecule has 0 bridgehead atoms. The first-order valence-electron chi connectivity index (χ1n) is 5.17. The first kappa shape index (κ1) is 14.6. The summed E-state index contributed by atoms with van der Waals surface area (Å²) in [4.78, 5) is 0. The third kappa shape index (κ3) is 9.90. The number of rotatable bonds is 7. The summed E-state index contributed by atoms with van der Waals surface area (Å²) in [5.41, 5.74) is 1.11. The number of hydrogen-bond acceptors (Lipinski definition) is 3. The van der Waals surface area contributed by atoms with Crippen LogP contribution in [0.4, 0.5) is 0 Å². The Hall–Kier alpha value is -0.390. The van der Waals surface area contributed by atoms with Crippen LogP contribution in [0.2, 0.25) is 0 Å². The molecule has 90 valence electrons. The summed E-state index contributed by atoms with van der Waals surface area (Å²) in [5.74, 6) is 0.127. The highest BCUT2D eigenvalue weighted by Crippen LogP contribution is 1.88. The van der Waals surface area contributed by atoms with E-state index in [0.717, 1.165) is 5.57 Å². The van der Waals surface area contributed by atoms with Crippen molar-refractivity contribution in [3.8, 4) is 0 Å². The maximum atomic E-state index is 11.4. The Balaban J connectivity index is 3.83. The summed E-state index contributed by atoms with van der Waals surface area (Å²) in [7, 11) is -3.13. The molecule has 0 saturated heterocycles. The average Bonchev–Trinajstić information content (AvgIpc) is 2.01. The van der Waals surface area contributed by atoms with Crippen molar-refractivity contribution in [3.05, 3.63) is 11.6 Å². The highest BCUT2D eigenvalue weighted by molar-refractivity contribution is 7.89. The minimum Gasteiger partial charge on any atom is -0.313 e. The smallest absolute Gasteiger partial charge is 0.213 e. The summed E-state index contributed by atoms with van der Waals surface area (Å²) in [5, 5.41) is 3.07. The van der Waals surface area contributed by atoms with Gasteiger partial charge in [-0.25, -0.2) is 13.1 Å². The molecule has 0 heterocycles. The van der Waals surface area contributed by atoms with Gasteiger partial charge in [0.25, 0.3) is 0 Å². The fraction of sp³-hybridized carbons (Fsp3) is 0.800. The van der Waals surface area contributed by atoms with Gasteiger partial charge in [-0.2, -0.15) is 0 Å². The van der Waals surface area contributed by atoms with Gasteiger partial charge >= 0.3 is 0 Å². The lowest BCUT2D eigenvalue weighted by Gasteiger charge is -2.08. The van der Waals surface area contributed by atoms with E-state index in [1.165, 1.54) is 0 Å². The zero-order valence-corrected chi connectivity index (χ0v) is 10.8. The molecule has 0 aromatic carbocycles. The topological polar surface area (TPSA) is 58.2 Å². The second-order valence-electron chi connectivity index (χ2n) is 4.06. The van der Waals surface area contributed by atoms with Gasteiger partial charge in [0.15, 0.2) is 0 Å². The van der Waals surface area contributed by atoms with Crippen LogP contribution >= 0.6 is 0 Å². The van der Waals surface area contributed by atoms with E-state index in [1.807, 2.05) is 33.8 Å². The SMILES string of the molecule is CC(C)=CCNS(=O)(=O)CCNC(C)C. The first-order valence-corrected chi connectivity index (χ1v) is 6.83. The molecule has 0 radical (unpaired) electrons. The van der Waals surface area contributed by atoms with Crippen molar-refractivity contribution in [1.29, 1.82) is 0 Å². The summed E-state index contributed by atoms with van der Waals surface area (Å²) in [6, 6.07) is 0.318. The van der Waals surface area contributed by atoms with Crippen molar-refractivity contribution >= 4 is 10.0 Å². The van der Waals surface area contributed by atoms with Gasteiger partial charge in [-0.15, -0.1) is 0 Å². The van der Waals surface area contributed by atoms with Crippen LogP contribution in [0.15, 0.2) is 11.6 Å². The van der Waals surface area contributed by atoms with E-state index in [9.17, 15) is 8.42 Å². The molecule has 0 unspecified atom stereocenters. The van der Waals surface area contributed by atoms with E-state index in [1.54, 1.807) is 0 Å². The van der Waals surface area contributed by atoms with Crippen LogP contribution < -0.4 is 10.0 Å². The van der Waals surface area contributed by atoms with Crippen molar-refractivity contribution in [3.63, 3.8) is 0 Å². The lowest BCUT2D eigenvalue weighted by atomic mass is 10.3. The molecule has 0 amide bonds. The van der Waals surface area contributed by atoms with Crippen molar-refractivity contribution in [2.45, 2.75) is 33.7 Å². The summed E-state index contributed by atoms with van der Waals surface area (Å²) < 4.78 is 25.3. The molecule has 0 fully saturated rings. The molecule has 0 saturated carbocycles. The van der Waals surface area contributed by atoms with Crippen LogP contribution in [0, 0.1) is 0 Å². The normalized spacial score (nSPS) is 11.8. The van der Waals surface area contributed by atoms with E-state index in [2.05, 4.69) is 10.0 Å². The maximum Gasteiger partial charge on any atom is 0.213 e. The Morgan fingerprint density at radius 3 is 2.40 bits per heavy atom. The standard InChI is InChI=1S/C10H22N2O2S/c1-9(2)5-6-12-15(13,14)8-7-11-10(3)4/h5,10-12H,6-8H2,1-4H3. The Labute approximate surface area is 93.2 Å². The minimum atomic E-state index is -3.13. The van der Waals surface area contributed by atoms with Gasteiger partial charge in [-0.05, 0) is 13.8 Å². The second kappa shape index (κ2) is 6.98. The van der Waals surface area contributed by atoms with Crippen LogP contribution in [0.5, 0.6) is 0 Å². The van der Waals surface area contributed by atoms with Crippen LogP contribution in [0.25, 0.3) is 0 Å². The monoisotopic (exact) mass is 234 g/mol. The molecule has 0 aromatic heterocycles. The molecule has 4 nitrogen and oxygen atoms in total. The zero-order valence-electron chi connectivity index (χ0n) is 10.0. The number of sulfonamides is 1. The first-order chi connectivity index (χ1) is 6.83. The van der Waals surface area contributed by atoms with Crippen LogP contribution in [-0.4, -0.2) is 33.3 Å². The molecular weight excluding hydrogens is 212 g/mol. The van der Waals surface area contributed by atoms with Gasteiger partial charge in [-0.3, -0.25) is 0 Å². The molecule has 5 heteroatoms. The van der Waals surface area contributed by atoms with E-state index in [0.29, 0.717) is 19.1 Å². The van der Waals surface area contributed by atoms with Crippen LogP contribution in [0.1, 0.15) is 27.7 Å². The lowest BCUT2D eigenvalue weighted by Crippen LogP contribution is -2.34.